The molecule has 7 heteroatoms. The molecule has 0 aromatic heterocycles. The summed E-state index contributed by atoms with van der Waals surface area (Å²) in [5, 5.41) is 9.01. The van der Waals surface area contributed by atoms with Crippen LogP contribution >= 0.6 is 11.0 Å². The summed E-state index contributed by atoms with van der Waals surface area (Å²) in [6, 6.07) is 11.8. The average Bonchev–Trinajstić information content (AvgIpc) is 3.40. The molecule has 2 aromatic rings. The molecule has 0 radical (unpaired) electrons. The van der Waals surface area contributed by atoms with Crippen LogP contribution < -0.4 is 8.61 Å². The molecule has 1 aliphatic heterocycles. The summed E-state index contributed by atoms with van der Waals surface area (Å²) in [6.45, 7) is 0.608. The lowest BCUT2D eigenvalue weighted by Gasteiger charge is -2.42. The van der Waals surface area contributed by atoms with Crippen molar-refractivity contribution in [2.24, 2.45) is 5.92 Å². The molecule has 1 fully saturated rings. The third-order valence-electron chi connectivity index (χ3n) is 4.80. The van der Waals surface area contributed by atoms with E-state index in [0.29, 0.717) is 29.3 Å². The number of fused-ring (bicyclic) bond motifs is 1. The first-order valence-electron chi connectivity index (χ1n) is 8.06. The second-order valence-corrected chi connectivity index (χ2v) is 8.44. The molecule has 25 heavy (non-hydrogen) atoms. The Balaban J connectivity index is 1.79. The van der Waals surface area contributed by atoms with Crippen LogP contribution in [0.4, 0.5) is 15.8 Å². The first-order chi connectivity index (χ1) is 11.9. The topological polar surface area (TPSA) is 70.7 Å². The van der Waals surface area contributed by atoms with Gasteiger partial charge in [-0.25, -0.2) is 4.39 Å². The molecular weight excluding hydrogens is 341 g/mol. The molecule has 1 heterocycles. The van der Waals surface area contributed by atoms with Gasteiger partial charge in [0, 0.05) is 19.2 Å². The number of nitriles is 1. The van der Waals surface area contributed by atoms with Crippen molar-refractivity contribution in [1.82, 2.24) is 0 Å². The zero-order valence-corrected chi connectivity index (χ0v) is 14.5. The molecule has 2 aliphatic rings. The quantitative estimate of drug-likeness (QED) is 0.837. The van der Waals surface area contributed by atoms with Gasteiger partial charge in [0.2, 0.25) is 0 Å². The van der Waals surface area contributed by atoms with E-state index < -0.39 is 16.8 Å². The highest BCUT2D eigenvalue weighted by Crippen LogP contribution is 2.61. The summed E-state index contributed by atoms with van der Waals surface area (Å²) >= 11 is 0. The largest absolute Gasteiger partial charge is 0.264 e. The Labute approximate surface area is 147 Å². The van der Waals surface area contributed by atoms with Gasteiger partial charge in [0.15, 0.2) is 0 Å². The molecule has 5 nitrogen and oxygen atoms in total. The van der Waals surface area contributed by atoms with E-state index >= 15 is 0 Å². The summed E-state index contributed by atoms with van der Waals surface area (Å²) in [6.07, 6.45) is 2.21. The van der Waals surface area contributed by atoms with E-state index in [9.17, 15) is 13.5 Å². The van der Waals surface area contributed by atoms with E-state index in [2.05, 4.69) is 0 Å². The molecule has 0 unspecified atom stereocenters. The molecule has 0 spiro atoms. The third kappa shape index (κ3) is 2.54. The Bertz CT molecular complexity index is 892. The predicted molar refractivity (Wildman–Crippen MR) is 97.9 cm³/mol. The fraction of sp³-hybridized carbons (Fsp3) is 0.278. The summed E-state index contributed by atoms with van der Waals surface area (Å²) < 4.78 is 38.8. The highest BCUT2D eigenvalue weighted by Gasteiger charge is 2.41. The van der Waals surface area contributed by atoms with Crippen molar-refractivity contribution >= 4 is 22.3 Å². The van der Waals surface area contributed by atoms with E-state index in [1.54, 1.807) is 41.7 Å². The number of nitrogens with zero attached hydrogens (tertiary/aromatic N) is 3. The Kier molecular flexibility index (Phi) is 3.65. The summed E-state index contributed by atoms with van der Waals surface area (Å²) in [5.41, 5.74) is 2.32. The number of anilines is 2. The second kappa shape index (κ2) is 5.63. The van der Waals surface area contributed by atoms with Crippen LogP contribution in [0.15, 0.2) is 36.4 Å². The maximum atomic E-state index is 14.5. The van der Waals surface area contributed by atoms with Crippen molar-refractivity contribution in [3.05, 3.63) is 47.8 Å². The van der Waals surface area contributed by atoms with E-state index in [1.807, 2.05) is 6.07 Å². The fourth-order valence-electron chi connectivity index (χ4n) is 3.14. The van der Waals surface area contributed by atoms with Gasteiger partial charge in [-0.15, -0.1) is 0 Å². The number of rotatable bonds is 3. The molecule has 1 saturated carbocycles. The van der Waals surface area contributed by atoms with Crippen LogP contribution in [0.2, 0.25) is 0 Å². The predicted octanol–water partition coefficient (Wildman–Crippen LogP) is 4.61. The highest BCUT2D eigenvalue weighted by atomic mass is 32.3. The summed E-state index contributed by atoms with van der Waals surface area (Å²) in [5.74, 6) is -0.0676. The lowest BCUT2D eigenvalue weighted by atomic mass is 10.0. The minimum absolute atomic E-state index is 0.00833. The first kappa shape index (κ1) is 16.2. The van der Waals surface area contributed by atoms with Gasteiger partial charge >= 0.3 is 0 Å². The van der Waals surface area contributed by atoms with Gasteiger partial charge in [-0.2, -0.15) is 5.26 Å². The van der Waals surface area contributed by atoms with E-state index in [0.717, 1.165) is 18.5 Å². The number of halogens is 1. The number of hydrogen-bond donors (Lipinski definition) is 2. The van der Waals surface area contributed by atoms with Crippen molar-refractivity contribution in [2.45, 2.75) is 12.8 Å². The average molecular weight is 359 g/mol. The standard InChI is InChI=1S/C18H18FN3O2S/c1-21-17-9-13(15-4-2-3-14(10-20)18(15)19)7-8-16(17)22(25(21,23)24)11-12-5-6-12/h2-4,7-9,12,23-24H,5-6,11H2,1H3. The van der Waals surface area contributed by atoms with Gasteiger partial charge in [0.05, 0.1) is 16.9 Å². The van der Waals surface area contributed by atoms with E-state index in [-0.39, 0.29) is 5.56 Å². The third-order valence-corrected chi connectivity index (χ3v) is 6.67. The molecule has 1 aliphatic carbocycles. The Morgan fingerprint density at radius 3 is 2.68 bits per heavy atom. The zero-order chi connectivity index (χ0) is 17.8. The monoisotopic (exact) mass is 359 g/mol. The van der Waals surface area contributed by atoms with Crippen molar-refractivity contribution in [2.75, 3.05) is 22.2 Å². The van der Waals surface area contributed by atoms with Gasteiger partial charge in [0.25, 0.3) is 0 Å². The molecule has 4 rings (SSSR count). The van der Waals surface area contributed by atoms with E-state index in [1.165, 1.54) is 10.4 Å². The number of hydrogen-bond acceptors (Lipinski definition) is 5. The molecule has 0 bridgehead atoms. The van der Waals surface area contributed by atoms with Gasteiger partial charge in [-0.3, -0.25) is 17.7 Å². The summed E-state index contributed by atoms with van der Waals surface area (Å²) in [4.78, 5) is 0. The molecular formula is C18H18FN3O2S. The van der Waals surface area contributed by atoms with Crippen molar-refractivity contribution in [3.8, 4) is 17.2 Å². The van der Waals surface area contributed by atoms with Crippen molar-refractivity contribution in [1.29, 1.82) is 5.26 Å². The lowest BCUT2D eigenvalue weighted by molar-refractivity contribution is 0.481. The van der Waals surface area contributed by atoms with Crippen LogP contribution in [-0.2, 0) is 0 Å². The maximum absolute atomic E-state index is 14.5. The normalized spacial score (nSPS) is 19.5. The Morgan fingerprint density at radius 2 is 2.00 bits per heavy atom. The fourth-order valence-corrected chi connectivity index (χ4v) is 4.68. The van der Waals surface area contributed by atoms with Gasteiger partial charge in [-0.1, -0.05) is 18.2 Å². The highest BCUT2D eigenvalue weighted by molar-refractivity contribution is 8.26. The first-order valence-corrected chi connectivity index (χ1v) is 9.52. The van der Waals surface area contributed by atoms with Crippen LogP contribution in [0.5, 0.6) is 0 Å². The van der Waals surface area contributed by atoms with E-state index in [4.69, 9.17) is 5.26 Å². The SMILES string of the molecule is CN1c2cc(-c3cccc(C#N)c3F)ccc2N(CC2CC2)S1(O)O. The summed E-state index contributed by atoms with van der Waals surface area (Å²) in [7, 11) is -1.45. The minimum atomic E-state index is -3.08. The van der Waals surface area contributed by atoms with Crippen LogP contribution in [-0.4, -0.2) is 22.7 Å². The minimum Gasteiger partial charge on any atom is -0.264 e. The molecule has 130 valence electrons. The smallest absolute Gasteiger partial charge is 0.148 e. The van der Waals surface area contributed by atoms with Crippen LogP contribution in [0.3, 0.4) is 0 Å². The van der Waals surface area contributed by atoms with Crippen LogP contribution in [0.25, 0.3) is 11.1 Å². The molecule has 0 amide bonds. The molecule has 2 N–H and O–H groups in total. The Morgan fingerprint density at radius 1 is 1.24 bits per heavy atom. The van der Waals surface area contributed by atoms with Crippen LogP contribution in [0.1, 0.15) is 18.4 Å². The molecule has 2 aromatic carbocycles. The van der Waals surface area contributed by atoms with Gasteiger partial charge < -0.3 is 0 Å². The lowest BCUT2D eigenvalue weighted by Crippen LogP contribution is -2.32. The van der Waals surface area contributed by atoms with Crippen molar-refractivity contribution in [3.63, 3.8) is 0 Å². The molecule has 0 atom stereocenters. The maximum Gasteiger partial charge on any atom is 0.148 e. The van der Waals surface area contributed by atoms with Crippen molar-refractivity contribution < 1.29 is 13.5 Å². The molecule has 0 saturated heterocycles. The van der Waals surface area contributed by atoms with Gasteiger partial charge in [-0.05, 0) is 53.5 Å². The zero-order valence-electron chi connectivity index (χ0n) is 13.7. The van der Waals surface area contributed by atoms with Crippen LogP contribution in [0, 0.1) is 23.1 Å². The Hall–Kier alpha value is -2.27. The second-order valence-electron chi connectivity index (χ2n) is 6.47. The van der Waals surface area contributed by atoms with Gasteiger partial charge in [0.1, 0.15) is 11.9 Å². The number of benzene rings is 2.